The van der Waals surface area contributed by atoms with Gasteiger partial charge in [-0.25, -0.2) is 4.98 Å². The Hall–Kier alpha value is -2.93. The molecule has 3 aromatic rings. The molecule has 3 heterocycles. The summed E-state index contributed by atoms with van der Waals surface area (Å²) in [4.78, 5) is 37.5. The van der Waals surface area contributed by atoms with E-state index in [4.69, 9.17) is 11.6 Å². The second-order valence-corrected chi connectivity index (χ2v) is 6.48. The van der Waals surface area contributed by atoms with Crippen LogP contribution in [-0.2, 0) is 11.2 Å². The lowest BCUT2D eigenvalue weighted by molar-refractivity contribution is -0.130. The predicted octanol–water partition coefficient (Wildman–Crippen LogP) is 2.04. The van der Waals surface area contributed by atoms with E-state index >= 15 is 0 Å². The number of amides is 2. The molecule has 0 aliphatic rings. The fourth-order valence-corrected chi connectivity index (χ4v) is 2.80. The van der Waals surface area contributed by atoms with Crippen molar-refractivity contribution in [3.63, 3.8) is 0 Å². The Morgan fingerprint density at radius 2 is 2.00 bits per heavy atom. The largest absolute Gasteiger partial charge is 0.349 e. The molecule has 3 aromatic heterocycles. The van der Waals surface area contributed by atoms with Crippen LogP contribution in [0.25, 0.3) is 10.9 Å². The minimum Gasteiger partial charge on any atom is -0.349 e. The molecule has 2 N–H and O–H groups in total. The minimum atomic E-state index is -0.687. The number of nitrogens with one attached hydrogen (secondary N) is 2. The van der Waals surface area contributed by atoms with Gasteiger partial charge in [0.15, 0.2) is 0 Å². The van der Waals surface area contributed by atoms with Gasteiger partial charge in [0, 0.05) is 38.3 Å². The first kappa shape index (κ1) is 17.9. The summed E-state index contributed by atoms with van der Waals surface area (Å²) in [6.45, 7) is 0. The zero-order valence-corrected chi connectivity index (χ0v) is 15.1. The molecule has 3 rings (SSSR count). The molecule has 0 saturated carbocycles. The number of rotatable bonds is 5. The van der Waals surface area contributed by atoms with Crippen molar-refractivity contribution in [1.29, 1.82) is 0 Å². The number of carbonyl (C=O) groups is 2. The summed E-state index contributed by atoms with van der Waals surface area (Å²) >= 11 is 5.88. The van der Waals surface area contributed by atoms with Crippen LogP contribution in [0.15, 0.2) is 42.9 Å². The van der Waals surface area contributed by atoms with E-state index in [1.54, 1.807) is 44.8 Å². The lowest BCUT2D eigenvalue weighted by Gasteiger charge is -2.21. The quantitative estimate of drug-likeness (QED) is 0.671. The second kappa shape index (κ2) is 7.53. The number of aromatic amines is 1. The molecule has 7 nitrogen and oxygen atoms in total. The van der Waals surface area contributed by atoms with E-state index in [1.807, 2.05) is 12.1 Å². The van der Waals surface area contributed by atoms with Gasteiger partial charge in [0.25, 0.3) is 5.91 Å². The zero-order chi connectivity index (χ0) is 18.7. The van der Waals surface area contributed by atoms with Crippen molar-refractivity contribution in [2.75, 3.05) is 14.1 Å². The molecule has 0 spiro atoms. The van der Waals surface area contributed by atoms with Crippen LogP contribution in [0.1, 0.15) is 16.1 Å². The smallest absolute Gasteiger partial charge is 0.268 e. The summed E-state index contributed by atoms with van der Waals surface area (Å²) in [5.41, 5.74) is 1.95. The molecule has 0 aliphatic carbocycles. The number of hydrogen-bond acceptors (Lipinski definition) is 4. The molecular weight excluding hydrogens is 354 g/mol. The van der Waals surface area contributed by atoms with E-state index in [0.717, 1.165) is 10.9 Å². The van der Waals surface area contributed by atoms with Gasteiger partial charge in [-0.2, -0.15) is 0 Å². The lowest BCUT2D eigenvalue weighted by atomic mass is 10.1. The maximum Gasteiger partial charge on any atom is 0.268 e. The number of H-pyrrole nitrogens is 1. The Bertz CT molecular complexity index is 939. The van der Waals surface area contributed by atoms with Crippen molar-refractivity contribution in [1.82, 2.24) is 25.2 Å². The van der Waals surface area contributed by atoms with Crippen LogP contribution in [-0.4, -0.2) is 51.8 Å². The Balaban J connectivity index is 1.82. The lowest BCUT2D eigenvalue weighted by Crippen LogP contribution is -2.47. The average Bonchev–Trinajstić information content (AvgIpc) is 3.04. The standard InChI is InChI=1S/C18H18ClN5O2/c1-24(2)18(26)14(7-11-3-5-20-6-4-11)23-17(25)13-8-12-9-16(19)21-10-15(12)22-13/h3-6,8-10,14,22H,7H2,1-2H3,(H,23,25). The van der Waals surface area contributed by atoms with Gasteiger partial charge in [0.05, 0.1) is 11.7 Å². The number of hydrogen-bond donors (Lipinski definition) is 2. The molecule has 0 aromatic carbocycles. The highest BCUT2D eigenvalue weighted by molar-refractivity contribution is 6.30. The first-order valence-electron chi connectivity index (χ1n) is 7.99. The van der Waals surface area contributed by atoms with E-state index < -0.39 is 6.04 Å². The molecule has 134 valence electrons. The van der Waals surface area contributed by atoms with Gasteiger partial charge >= 0.3 is 0 Å². The van der Waals surface area contributed by atoms with E-state index in [0.29, 0.717) is 22.8 Å². The molecule has 1 unspecified atom stereocenters. The van der Waals surface area contributed by atoms with Gasteiger partial charge < -0.3 is 15.2 Å². The van der Waals surface area contributed by atoms with Crippen LogP contribution in [0, 0.1) is 0 Å². The highest BCUT2D eigenvalue weighted by atomic mass is 35.5. The topological polar surface area (TPSA) is 91.0 Å². The second-order valence-electron chi connectivity index (χ2n) is 6.10. The fraction of sp³-hybridized carbons (Fsp3) is 0.222. The van der Waals surface area contributed by atoms with E-state index in [-0.39, 0.29) is 11.8 Å². The van der Waals surface area contributed by atoms with Crippen LogP contribution in [0.2, 0.25) is 5.15 Å². The van der Waals surface area contributed by atoms with Gasteiger partial charge in [-0.3, -0.25) is 14.6 Å². The third-order valence-electron chi connectivity index (χ3n) is 3.95. The van der Waals surface area contributed by atoms with Crippen molar-refractivity contribution in [2.45, 2.75) is 12.5 Å². The van der Waals surface area contributed by atoms with Crippen LogP contribution < -0.4 is 5.32 Å². The summed E-state index contributed by atoms with van der Waals surface area (Å²) in [7, 11) is 3.31. The van der Waals surface area contributed by atoms with Gasteiger partial charge in [-0.15, -0.1) is 0 Å². The molecule has 8 heteroatoms. The Morgan fingerprint density at radius 1 is 1.27 bits per heavy atom. The van der Waals surface area contributed by atoms with Crippen LogP contribution in [0.4, 0.5) is 0 Å². The van der Waals surface area contributed by atoms with Crippen LogP contribution in [0.5, 0.6) is 0 Å². The fourth-order valence-electron chi connectivity index (χ4n) is 2.63. The van der Waals surface area contributed by atoms with Crippen molar-refractivity contribution in [3.8, 4) is 0 Å². The number of nitrogens with zero attached hydrogens (tertiary/aromatic N) is 3. The van der Waals surface area contributed by atoms with Gasteiger partial charge in [0.1, 0.15) is 16.9 Å². The molecule has 0 aliphatic heterocycles. The Morgan fingerprint density at radius 3 is 2.69 bits per heavy atom. The number of halogens is 1. The number of fused-ring (bicyclic) bond motifs is 1. The maximum atomic E-state index is 12.6. The first-order chi connectivity index (χ1) is 12.4. The Kier molecular flexibility index (Phi) is 5.18. The van der Waals surface area contributed by atoms with Gasteiger partial charge in [-0.1, -0.05) is 11.6 Å². The number of carbonyl (C=O) groups excluding carboxylic acids is 2. The molecule has 0 radical (unpaired) electrons. The molecular formula is C18H18ClN5O2. The zero-order valence-electron chi connectivity index (χ0n) is 14.4. The minimum absolute atomic E-state index is 0.184. The summed E-state index contributed by atoms with van der Waals surface area (Å²) in [6, 6.07) is 6.30. The molecule has 0 saturated heterocycles. The molecule has 0 fully saturated rings. The molecule has 2 amide bonds. The SMILES string of the molecule is CN(C)C(=O)C(Cc1ccncc1)NC(=O)c1cc2cc(Cl)ncc2[nH]1. The average molecular weight is 372 g/mol. The van der Waals surface area contributed by atoms with Gasteiger partial charge in [-0.05, 0) is 29.8 Å². The van der Waals surface area contributed by atoms with Crippen molar-refractivity contribution in [2.24, 2.45) is 0 Å². The van der Waals surface area contributed by atoms with E-state index in [9.17, 15) is 9.59 Å². The highest BCUT2D eigenvalue weighted by Crippen LogP contribution is 2.18. The highest BCUT2D eigenvalue weighted by Gasteiger charge is 2.24. The monoisotopic (exact) mass is 371 g/mol. The van der Waals surface area contributed by atoms with Crippen LogP contribution in [0.3, 0.4) is 0 Å². The maximum absolute atomic E-state index is 12.6. The third-order valence-corrected chi connectivity index (χ3v) is 4.16. The summed E-state index contributed by atoms with van der Waals surface area (Å²) < 4.78 is 0. The molecule has 26 heavy (non-hydrogen) atoms. The van der Waals surface area contributed by atoms with Crippen molar-refractivity contribution >= 4 is 34.3 Å². The molecule has 0 bridgehead atoms. The Labute approximate surface area is 155 Å². The van der Waals surface area contributed by atoms with Crippen molar-refractivity contribution < 1.29 is 9.59 Å². The van der Waals surface area contributed by atoms with Crippen molar-refractivity contribution in [3.05, 3.63) is 59.3 Å². The molecule has 1 atom stereocenters. The summed E-state index contributed by atoms with van der Waals surface area (Å²) in [6.07, 6.45) is 5.25. The first-order valence-corrected chi connectivity index (χ1v) is 8.37. The van der Waals surface area contributed by atoms with Crippen LogP contribution >= 0.6 is 11.6 Å². The predicted molar refractivity (Wildman–Crippen MR) is 99.0 cm³/mol. The number of likely N-dealkylation sites (N-methyl/N-ethyl adjacent to an activating group) is 1. The number of pyridine rings is 2. The van der Waals surface area contributed by atoms with E-state index in [1.165, 1.54) is 4.90 Å². The summed E-state index contributed by atoms with van der Waals surface area (Å²) in [5, 5.41) is 3.93. The number of aromatic nitrogens is 3. The normalized spacial score (nSPS) is 12.0. The van der Waals surface area contributed by atoms with E-state index in [2.05, 4.69) is 20.3 Å². The summed E-state index contributed by atoms with van der Waals surface area (Å²) in [5.74, 6) is -0.553. The van der Waals surface area contributed by atoms with Gasteiger partial charge in [0.2, 0.25) is 5.91 Å². The third kappa shape index (κ3) is 4.00.